The molecule has 0 saturated carbocycles. The van der Waals surface area contributed by atoms with Gasteiger partial charge in [0.25, 0.3) is 0 Å². The molecule has 4 N–H and O–H groups in total. The molecule has 0 spiro atoms. The van der Waals surface area contributed by atoms with Crippen LogP contribution in [0.4, 0.5) is 0 Å². The standard InChI is InChI=1S/C18H32N2O6/c1-9(2)5-11(19)17(21)25-13-7-23-16-14(8-24-15(13)16)26-18(22)12(20)6-10(3)4/h9-16H,5-8,19-20H2,1-4H3/t11?,12?,13-,14+,15-,16-/m1/s1. The molecular weight excluding hydrogens is 340 g/mol. The lowest BCUT2D eigenvalue weighted by molar-refractivity contribution is -0.157. The average molecular weight is 372 g/mol. The molecule has 0 amide bonds. The second-order valence-corrected chi connectivity index (χ2v) is 8.02. The molecule has 0 aromatic carbocycles. The minimum atomic E-state index is -0.668. The maximum absolute atomic E-state index is 12.1. The second kappa shape index (κ2) is 9.12. The summed E-state index contributed by atoms with van der Waals surface area (Å²) in [6.45, 7) is 8.36. The number of hydrogen-bond donors (Lipinski definition) is 2. The van der Waals surface area contributed by atoms with Gasteiger partial charge in [-0.15, -0.1) is 0 Å². The molecule has 8 heteroatoms. The van der Waals surface area contributed by atoms with Crippen molar-refractivity contribution in [3.8, 4) is 0 Å². The third-order valence-corrected chi connectivity index (χ3v) is 4.55. The molecular formula is C18H32N2O6. The van der Waals surface area contributed by atoms with Gasteiger partial charge in [0.1, 0.15) is 24.3 Å². The molecule has 2 unspecified atom stereocenters. The molecule has 0 aromatic heterocycles. The van der Waals surface area contributed by atoms with E-state index in [9.17, 15) is 9.59 Å². The van der Waals surface area contributed by atoms with Crippen LogP contribution in [0, 0.1) is 11.8 Å². The first-order chi connectivity index (χ1) is 12.2. The number of nitrogens with two attached hydrogens (primary N) is 2. The number of fused-ring (bicyclic) bond motifs is 1. The third-order valence-electron chi connectivity index (χ3n) is 4.55. The van der Waals surface area contributed by atoms with E-state index in [0.29, 0.717) is 24.7 Å². The topological polar surface area (TPSA) is 123 Å². The Kier molecular flexibility index (Phi) is 7.40. The van der Waals surface area contributed by atoms with Crippen molar-refractivity contribution < 1.29 is 28.5 Å². The summed E-state index contributed by atoms with van der Waals surface area (Å²) in [5.74, 6) is -0.328. The number of hydrogen-bond acceptors (Lipinski definition) is 8. The van der Waals surface area contributed by atoms with Crippen LogP contribution in [0.2, 0.25) is 0 Å². The zero-order chi connectivity index (χ0) is 19.4. The maximum atomic E-state index is 12.1. The van der Waals surface area contributed by atoms with Crippen LogP contribution in [0.1, 0.15) is 40.5 Å². The van der Waals surface area contributed by atoms with Crippen LogP contribution in [0.25, 0.3) is 0 Å². The molecule has 8 nitrogen and oxygen atoms in total. The van der Waals surface area contributed by atoms with E-state index in [0.717, 1.165) is 0 Å². The first kappa shape index (κ1) is 21.1. The highest BCUT2D eigenvalue weighted by molar-refractivity contribution is 5.76. The van der Waals surface area contributed by atoms with Crippen molar-refractivity contribution in [2.24, 2.45) is 23.3 Å². The van der Waals surface area contributed by atoms with Crippen molar-refractivity contribution in [1.82, 2.24) is 0 Å². The van der Waals surface area contributed by atoms with Gasteiger partial charge in [-0.25, -0.2) is 0 Å². The van der Waals surface area contributed by atoms with Crippen LogP contribution in [0.15, 0.2) is 0 Å². The van der Waals surface area contributed by atoms with Crippen LogP contribution in [-0.4, -0.2) is 61.7 Å². The van der Waals surface area contributed by atoms with Gasteiger partial charge in [-0.2, -0.15) is 0 Å². The van der Waals surface area contributed by atoms with E-state index in [1.807, 2.05) is 27.7 Å². The Balaban J connectivity index is 1.85. The lowest BCUT2D eigenvalue weighted by atomic mass is 10.0. The summed E-state index contributed by atoms with van der Waals surface area (Å²) in [5, 5.41) is 0. The Morgan fingerprint density at radius 1 is 0.846 bits per heavy atom. The summed E-state index contributed by atoms with van der Waals surface area (Å²) in [5.41, 5.74) is 11.7. The zero-order valence-electron chi connectivity index (χ0n) is 16.1. The Hall–Kier alpha value is -1.22. The molecule has 0 aliphatic carbocycles. The number of rotatable bonds is 8. The molecule has 0 radical (unpaired) electrons. The lowest BCUT2D eigenvalue weighted by Crippen LogP contribution is -2.42. The van der Waals surface area contributed by atoms with Crippen molar-refractivity contribution in [3.05, 3.63) is 0 Å². The van der Waals surface area contributed by atoms with E-state index in [1.54, 1.807) is 0 Å². The van der Waals surface area contributed by atoms with Gasteiger partial charge in [0.15, 0.2) is 12.2 Å². The monoisotopic (exact) mass is 372 g/mol. The van der Waals surface area contributed by atoms with E-state index in [-0.39, 0.29) is 13.2 Å². The quantitative estimate of drug-likeness (QED) is 0.585. The summed E-state index contributed by atoms with van der Waals surface area (Å²) >= 11 is 0. The van der Waals surface area contributed by atoms with Crippen LogP contribution >= 0.6 is 0 Å². The molecule has 2 saturated heterocycles. The molecule has 2 heterocycles. The van der Waals surface area contributed by atoms with E-state index in [4.69, 9.17) is 30.4 Å². The summed E-state index contributed by atoms with van der Waals surface area (Å²) in [4.78, 5) is 24.2. The van der Waals surface area contributed by atoms with Crippen molar-refractivity contribution in [2.75, 3.05) is 13.2 Å². The van der Waals surface area contributed by atoms with Gasteiger partial charge in [-0.3, -0.25) is 9.59 Å². The summed E-state index contributed by atoms with van der Waals surface area (Å²) in [6, 6.07) is -1.34. The fourth-order valence-corrected chi connectivity index (χ4v) is 3.31. The molecule has 2 aliphatic rings. The molecule has 6 atom stereocenters. The normalized spacial score (nSPS) is 30.3. The van der Waals surface area contributed by atoms with Gasteiger partial charge in [0.05, 0.1) is 13.2 Å². The van der Waals surface area contributed by atoms with Crippen molar-refractivity contribution in [1.29, 1.82) is 0 Å². The van der Waals surface area contributed by atoms with Crippen molar-refractivity contribution in [3.63, 3.8) is 0 Å². The van der Waals surface area contributed by atoms with E-state index >= 15 is 0 Å². The summed E-state index contributed by atoms with van der Waals surface area (Å²) < 4.78 is 22.3. The Morgan fingerprint density at radius 3 is 1.50 bits per heavy atom. The minimum Gasteiger partial charge on any atom is -0.456 e. The largest absolute Gasteiger partial charge is 0.456 e. The minimum absolute atomic E-state index is 0.196. The SMILES string of the molecule is CC(C)CC(N)C(=O)O[C@H]1CO[C@H]2[C@@H]1OC[C@H]2OC(=O)C(N)CC(C)C. The highest BCUT2D eigenvalue weighted by Gasteiger charge is 2.51. The van der Waals surface area contributed by atoms with Gasteiger partial charge in [-0.1, -0.05) is 27.7 Å². The molecule has 2 fully saturated rings. The fraction of sp³-hybridized carbons (Fsp3) is 0.889. The van der Waals surface area contributed by atoms with Crippen molar-refractivity contribution in [2.45, 2.75) is 77.0 Å². The van der Waals surface area contributed by atoms with Gasteiger partial charge in [0, 0.05) is 0 Å². The Morgan fingerprint density at radius 2 is 1.19 bits per heavy atom. The van der Waals surface area contributed by atoms with Crippen LogP contribution in [0.5, 0.6) is 0 Å². The number of esters is 2. The highest BCUT2D eigenvalue weighted by atomic mass is 16.7. The molecule has 2 rings (SSSR count). The second-order valence-electron chi connectivity index (χ2n) is 8.02. The smallest absolute Gasteiger partial charge is 0.323 e. The van der Waals surface area contributed by atoms with Gasteiger partial charge in [0.2, 0.25) is 0 Å². The maximum Gasteiger partial charge on any atom is 0.323 e. The first-order valence-electron chi connectivity index (χ1n) is 9.34. The molecule has 150 valence electrons. The molecule has 0 bridgehead atoms. The number of carbonyl (C=O) groups is 2. The van der Waals surface area contributed by atoms with Crippen LogP contribution in [0.3, 0.4) is 0 Å². The molecule has 26 heavy (non-hydrogen) atoms. The van der Waals surface area contributed by atoms with Gasteiger partial charge >= 0.3 is 11.9 Å². The van der Waals surface area contributed by atoms with Crippen LogP contribution in [-0.2, 0) is 28.5 Å². The van der Waals surface area contributed by atoms with Gasteiger partial charge in [-0.05, 0) is 24.7 Å². The summed E-state index contributed by atoms with van der Waals surface area (Å²) in [7, 11) is 0. The average Bonchev–Trinajstić information content (AvgIpc) is 3.09. The predicted octanol–water partition coefficient (Wildman–Crippen LogP) is 0.354. The lowest BCUT2D eigenvalue weighted by Gasteiger charge is -2.20. The number of ether oxygens (including phenoxy) is 4. The van der Waals surface area contributed by atoms with E-state index in [1.165, 1.54) is 0 Å². The summed E-state index contributed by atoms with van der Waals surface area (Å²) in [6.07, 6.45) is -0.892. The van der Waals surface area contributed by atoms with E-state index in [2.05, 4.69) is 0 Å². The highest BCUT2D eigenvalue weighted by Crippen LogP contribution is 2.31. The third kappa shape index (κ3) is 5.39. The predicted molar refractivity (Wildman–Crippen MR) is 94.1 cm³/mol. The van der Waals surface area contributed by atoms with Crippen molar-refractivity contribution >= 4 is 11.9 Å². The van der Waals surface area contributed by atoms with Gasteiger partial charge < -0.3 is 30.4 Å². The Bertz CT molecular complexity index is 454. The zero-order valence-corrected chi connectivity index (χ0v) is 16.1. The number of carbonyl (C=O) groups excluding carboxylic acids is 2. The molecule has 0 aromatic rings. The van der Waals surface area contributed by atoms with Crippen LogP contribution < -0.4 is 11.5 Å². The Labute approximate surface area is 154 Å². The first-order valence-corrected chi connectivity index (χ1v) is 9.34. The molecule has 2 aliphatic heterocycles. The fourth-order valence-electron chi connectivity index (χ4n) is 3.31. The van der Waals surface area contributed by atoms with E-state index < -0.39 is 48.4 Å².